The number of hydrogen-bond donors (Lipinski definition) is 1. The second-order valence-electron chi connectivity index (χ2n) is 7.47. The molecule has 2 rings (SSSR count). The lowest BCUT2D eigenvalue weighted by Crippen LogP contribution is -2.28. The summed E-state index contributed by atoms with van der Waals surface area (Å²) in [6.45, 7) is 0. The van der Waals surface area contributed by atoms with Gasteiger partial charge in [-0.2, -0.15) is 0 Å². The minimum atomic E-state index is 0.277. The standard InChI is InChI=1S/C19H35NO/c1-20-19(21)18(14-12-16-8-4-2-5-9-16)15-13-17-10-6-3-7-11-17/h16-18H,2-15H2,1H3,(H,20,21). The zero-order valence-electron chi connectivity index (χ0n) is 14.0. The number of nitrogens with one attached hydrogen (secondary N) is 1. The number of carbonyl (C=O) groups excluding carboxylic acids is 1. The van der Waals surface area contributed by atoms with E-state index in [0.717, 1.165) is 24.7 Å². The van der Waals surface area contributed by atoms with E-state index in [4.69, 9.17) is 0 Å². The SMILES string of the molecule is CNC(=O)C(CCC1CCCCC1)CCC1CCCCC1. The maximum absolute atomic E-state index is 12.1. The van der Waals surface area contributed by atoms with Crippen molar-refractivity contribution in [3.63, 3.8) is 0 Å². The Morgan fingerprint density at radius 2 is 1.29 bits per heavy atom. The summed E-state index contributed by atoms with van der Waals surface area (Å²) in [6.07, 6.45) is 18.9. The van der Waals surface area contributed by atoms with Crippen LogP contribution in [0.5, 0.6) is 0 Å². The maximum Gasteiger partial charge on any atom is 0.222 e. The topological polar surface area (TPSA) is 29.1 Å². The van der Waals surface area contributed by atoms with Crippen LogP contribution in [0.15, 0.2) is 0 Å². The van der Waals surface area contributed by atoms with Crippen LogP contribution < -0.4 is 5.32 Å². The van der Waals surface area contributed by atoms with Crippen molar-refractivity contribution in [1.82, 2.24) is 5.32 Å². The van der Waals surface area contributed by atoms with Crippen molar-refractivity contribution in [3.05, 3.63) is 0 Å². The molecular weight excluding hydrogens is 258 g/mol. The minimum absolute atomic E-state index is 0.277. The molecule has 2 nitrogen and oxygen atoms in total. The fraction of sp³-hybridized carbons (Fsp3) is 0.947. The molecule has 122 valence electrons. The molecule has 0 aromatic carbocycles. The zero-order valence-corrected chi connectivity index (χ0v) is 14.0. The summed E-state index contributed by atoms with van der Waals surface area (Å²) < 4.78 is 0. The Morgan fingerprint density at radius 3 is 1.67 bits per heavy atom. The molecule has 0 unspecified atom stereocenters. The Hall–Kier alpha value is -0.530. The molecule has 2 heteroatoms. The molecule has 2 fully saturated rings. The molecule has 0 aromatic rings. The smallest absolute Gasteiger partial charge is 0.222 e. The molecule has 0 aromatic heterocycles. The maximum atomic E-state index is 12.1. The van der Waals surface area contributed by atoms with Crippen LogP contribution in [0.4, 0.5) is 0 Å². The predicted molar refractivity (Wildman–Crippen MR) is 89.2 cm³/mol. The van der Waals surface area contributed by atoms with Gasteiger partial charge in [-0.1, -0.05) is 64.2 Å². The summed E-state index contributed by atoms with van der Waals surface area (Å²) in [5.41, 5.74) is 0. The lowest BCUT2D eigenvalue weighted by Gasteiger charge is -2.26. The van der Waals surface area contributed by atoms with Crippen molar-refractivity contribution < 1.29 is 4.79 Å². The molecule has 2 saturated carbocycles. The summed E-state index contributed by atoms with van der Waals surface area (Å²) in [7, 11) is 1.80. The Kier molecular flexibility index (Phi) is 7.60. The van der Waals surface area contributed by atoms with Crippen LogP contribution in [-0.2, 0) is 4.79 Å². The van der Waals surface area contributed by atoms with Crippen molar-refractivity contribution in [3.8, 4) is 0 Å². The van der Waals surface area contributed by atoms with Crippen LogP contribution >= 0.6 is 0 Å². The summed E-state index contributed by atoms with van der Waals surface area (Å²) in [5.74, 6) is 2.38. The molecule has 0 saturated heterocycles. The predicted octanol–water partition coefficient (Wildman–Crippen LogP) is 5.07. The van der Waals surface area contributed by atoms with Crippen molar-refractivity contribution >= 4 is 5.91 Å². The molecule has 0 aliphatic heterocycles. The van der Waals surface area contributed by atoms with Gasteiger partial charge in [0, 0.05) is 13.0 Å². The number of hydrogen-bond acceptors (Lipinski definition) is 1. The van der Waals surface area contributed by atoms with Crippen LogP contribution in [0.2, 0.25) is 0 Å². The molecule has 1 amide bonds. The molecule has 1 N–H and O–H groups in total. The molecule has 2 aliphatic carbocycles. The average molecular weight is 293 g/mol. The highest BCUT2D eigenvalue weighted by molar-refractivity contribution is 5.78. The van der Waals surface area contributed by atoms with Gasteiger partial charge in [-0.3, -0.25) is 4.79 Å². The lowest BCUT2D eigenvalue weighted by molar-refractivity contribution is -0.125. The van der Waals surface area contributed by atoms with E-state index in [1.165, 1.54) is 77.0 Å². The second-order valence-corrected chi connectivity index (χ2v) is 7.47. The Bertz CT molecular complexity index is 268. The zero-order chi connectivity index (χ0) is 14.9. The van der Waals surface area contributed by atoms with Crippen molar-refractivity contribution in [2.24, 2.45) is 17.8 Å². The van der Waals surface area contributed by atoms with E-state index in [0.29, 0.717) is 5.91 Å². The Morgan fingerprint density at radius 1 is 0.857 bits per heavy atom. The first-order valence-electron chi connectivity index (χ1n) is 9.51. The first kappa shape index (κ1) is 16.8. The van der Waals surface area contributed by atoms with Gasteiger partial charge in [0.15, 0.2) is 0 Å². The second kappa shape index (κ2) is 9.48. The van der Waals surface area contributed by atoms with E-state index in [2.05, 4.69) is 5.32 Å². The van der Waals surface area contributed by atoms with E-state index in [-0.39, 0.29) is 5.92 Å². The minimum Gasteiger partial charge on any atom is -0.359 e. The third-order valence-corrected chi connectivity index (χ3v) is 5.91. The Labute approximate surface area is 131 Å². The highest BCUT2D eigenvalue weighted by atomic mass is 16.1. The quantitative estimate of drug-likeness (QED) is 0.697. The van der Waals surface area contributed by atoms with Gasteiger partial charge in [0.05, 0.1) is 0 Å². The Balaban J connectivity index is 1.72. The largest absolute Gasteiger partial charge is 0.359 e. The van der Waals surface area contributed by atoms with Crippen molar-refractivity contribution in [1.29, 1.82) is 0 Å². The fourth-order valence-corrected chi connectivity index (χ4v) is 4.44. The van der Waals surface area contributed by atoms with Gasteiger partial charge in [-0.25, -0.2) is 0 Å². The fourth-order valence-electron chi connectivity index (χ4n) is 4.44. The molecule has 21 heavy (non-hydrogen) atoms. The van der Waals surface area contributed by atoms with Crippen molar-refractivity contribution in [2.45, 2.75) is 89.9 Å². The third-order valence-electron chi connectivity index (χ3n) is 5.91. The number of carbonyl (C=O) groups is 1. The number of amides is 1. The van der Waals surface area contributed by atoms with Gasteiger partial charge in [-0.05, 0) is 37.5 Å². The third kappa shape index (κ3) is 6.00. The monoisotopic (exact) mass is 293 g/mol. The van der Waals surface area contributed by atoms with Crippen LogP contribution in [0.3, 0.4) is 0 Å². The summed E-state index contributed by atoms with van der Waals surface area (Å²) >= 11 is 0. The lowest BCUT2D eigenvalue weighted by atomic mass is 9.80. The summed E-state index contributed by atoms with van der Waals surface area (Å²) in [4.78, 5) is 12.1. The van der Waals surface area contributed by atoms with Crippen LogP contribution in [0, 0.1) is 17.8 Å². The molecular formula is C19H35NO. The summed E-state index contributed by atoms with van der Waals surface area (Å²) in [6, 6.07) is 0. The highest BCUT2D eigenvalue weighted by Gasteiger charge is 2.22. The van der Waals surface area contributed by atoms with Gasteiger partial charge in [0.25, 0.3) is 0 Å². The molecule has 0 heterocycles. The van der Waals surface area contributed by atoms with Crippen LogP contribution in [-0.4, -0.2) is 13.0 Å². The van der Waals surface area contributed by atoms with E-state index < -0.39 is 0 Å². The number of rotatable bonds is 7. The van der Waals surface area contributed by atoms with Gasteiger partial charge in [-0.15, -0.1) is 0 Å². The van der Waals surface area contributed by atoms with E-state index in [1.54, 1.807) is 7.05 Å². The van der Waals surface area contributed by atoms with Crippen LogP contribution in [0.25, 0.3) is 0 Å². The molecule has 0 bridgehead atoms. The average Bonchev–Trinajstić information content (AvgIpc) is 2.56. The first-order valence-corrected chi connectivity index (χ1v) is 9.51. The molecule has 0 radical (unpaired) electrons. The van der Waals surface area contributed by atoms with Gasteiger partial charge < -0.3 is 5.32 Å². The molecule has 2 aliphatic rings. The molecule has 0 atom stereocenters. The molecule has 0 spiro atoms. The summed E-state index contributed by atoms with van der Waals surface area (Å²) in [5, 5.41) is 2.90. The first-order chi connectivity index (χ1) is 10.3. The van der Waals surface area contributed by atoms with Gasteiger partial charge in [0.1, 0.15) is 0 Å². The van der Waals surface area contributed by atoms with E-state index in [9.17, 15) is 4.79 Å². The van der Waals surface area contributed by atoms with Crippen LogP contribution in [0.1, 0.15) is 89.9 Å². The highest BCUT2D eigenvalue weighted by Crippen LogP contribution is 2.32. The van der Waals surface area contributed by atoms with E-state index >= 15 is 0 Å². The van der Waals surface area contributed by atoms with Gasteiger partial charge in [0.2, 0.25) is 5.91 Å². The van der Waals surface area contributed by atoms with Gasteiger partial charge >= 0.3 is 0 Å². The normalized spacial score (nSPS) is 21.6. The van der Waals surface area contributed by atoms with E-state index in [1.807, 2.05) is 0 Å². The van der Waals surface area contributed by atoms with Crippen molar-refractivity contribution in [2.75, 3.05) is 7.05 Å².